The van der Waals surface area contributed by atoms with Gasteiger partial charge in [0.25, 0.3) is 0 Å². The molecule has 0 saturated carbocycles. The third-order valence-corrected chi connectivity index (χ3v) is 2.94. The van der Waals surface area contributed by atoms with E-state index in [1.807, 2.05) is 44.3 Å². The van der Waals surface area contributed by atoms with Crippen molar-refractivity contribution in [2.24, 2.45) is 0 Å². The molecule has 0 saturated heterocycles. The molecular formula is C15H18N2O2. The number of hydrogen-bond acceptors (Lipinski definition) is 4. The van der Waals surface area contributed by atoms with Gasteiger partial charge in [-0.15, -0.1) is 0 Å². The molecule has 0 unspecified atom stereocenters. The maximum Gasteiger partial charge on any atom is 0.216 e. The first-order valence-corrected chi connectivity index (χ1v) is 6.14. The molecule has 2 rings (SSSR count). The van der Waals surface area contributed by atoms with E-state index in [0.29, 0.717) is 12.5 Å². The Morgan fingerprint density at radius 1 is 1.21 bits per heavy atom. The average molecular weight is 258 g/mol. The lowest BCUT2D eigenvalue weighted by molar-refractivity contribution is 0.284. The van der Waals surface area contributed by atoms with Crippen LogP contribution in [0.4, 0.5) is 5.69 Å². The zero-order chi connectivity index (χ0) is 13.7. The third-order valence-electron chi connectivity index (χ3n) is 2.94. The van der Waals surface area contributed by atoms with Crippen LogP contribution in [0.3, 0.4) is 0 Å². The predicted molar refractivity (Wildman–Crippen MR) is 75.8 cm³/mol. The molecule has 0 atom stereocenters. The van der Waals surface area contributed by atoms with Crippen molar-refractivity contribution in [3.63, 3.8) is 0 Å². The number of hydrogen-bond donors (Lipinski definition) is 1. The van der Waals surface area contributed by atoms with Crippen LogP contribution in [0.1, 0.15) is 11.1 Å². The molecule has 0 aliphatic heterocycles. The maximum absolute atomic E-state index is 5.78. The normalized spacial score (nSPS) is 10.1. The first kappa shape index (κ1) is 13.2. The van der Waals surface area contributed by atoms with Gasteiger partial charge in [0.1, 0.15) is 12.4 Å². The number of anilines is 1. The molecule has 1 aromatic heterocycles. The van der Waals surface area contributed by atoms with Crippen LogP contribution in [0.5, 0.6) is 11.6 Å². The number of ether oxygens (including phenoxy) is 2. The predicted octanol–water partition coefficient (Wildman–Crippen LogP) is 3.02. The van der Waals surface area contributed by atoms with Gasteiger partial charge >= 0.3 is 0 Å². The summed E-state index contributed by atoms with van der Waals surface area (Å²) in [4.78, 5) is 4.22. The molecule has 0 bridgehead atoms. The molecule has 1 aromatic carbocycles. The quantitative estimate of drug-likeness (QED) is 0.895. The molecule has 0 aliphatic rings. The number of pyridine rings is 1. The van der Waals surface area contributed by atoms with E-state index >= 15 is 0 Å². The lowest BCUT2D eigenvalue weighted by atomic mass is 10.1. The van der Waals surface area contributed by atoms with Gasteiger partial charge < -0.3 is 14.8 Å². The van der Waals surface area contributed by atoms with E-state index in [1.54, 1.807) is 13.3 Å². The first-order valence-electron chi connectivity index (χ1n) is 6.14. The van der Waals surface area contributed by atoms with Gasteiger partial charge in [0.05, 0.1) is 12.7 Å². The van der Waals surface area contributed by atoms with Gasteiger partial charge in [0.2, 0.25) is 5.88 Å². The van der Waals surface area contributed by atoms with Crippen LogP contribution >= 0.6 is 0 Å². The summed E-state index contributed by atoms with van der Waals surface area (Å²) in [5.74, 6) is 1.45. The highest BCUT2D eigenvalue weighted by molar-refractivity contribution is 5.57. The van der Waals surface area contributed by atoms with Crippen LogP contribution in [0.15, 0.2) is 36.5 Å². The van der Waals surface area contributed by atoms with E-state index in [-0.39, 0.29) is 0 Å². The molecule has 0 radical (unpaired) electrons. The minimum Gasteiger partial charge on any atom is -0.496 e. The number of benzene rings is 1. The minimum absolute atomic E-state index is 0.415. The Bertz CT molecular complexity index is 533. The molecular weight excluding hydrogens is 240 g/mol. The number of nitrogens with one attached hydrogen (secondary N) is 1. The van der Waals surface area contributed by atoms with Crippen molar-refractivity contribution in [1.82, 2.24) is 4.98 Å². The number of nitrogens with zero attached hydrogens (tertiary/aromatic N) is 1. The minimum atomic E-state index is 0.415. The highest BCUT2D eigenvalue weighted by Crippen LogP contribution is 2.27. The van der Waals surface area contributed by atoms with E-state index in [0.717, 1.165) is 22.6 Å². The standard InChI is InChI=1S/C15H18N2O2/c1-11-6-5-9-17-15(11)19-10-12-13(16-2)7-4-8-14(12)18-3/h4-9,16H,10H2,1-3H3. The summed E-state index contributed by atoms with van der Waals surface area (Å²) in [6.45, 7) is 2.39. The second kappa shape index (κ2) is 6.09. The summed E-state index contributed by atoms with van der Waals surface area (Å²) in [6, 6.07) is 9.73. The van der Waals surface area contributed by atoms with Crippen molar-refractivity contribution < 1.29 is 9.47 Å². The number of aryl methyl sites for hydroxylation is 1. The zero-order valence-electron chi connectivity index (χ0n) is 11.4. The van der Waals surface area contributed by atoms with E-state index in [9.17, 15) is 0 Å². The monoisotopic (exact) mass is 258 g/mol. The molecule has 19 heavy (non-hydrogen) atoms. The topological polar surface area (TPSA) is 43.4 Å². The van der Waals surface area contributed by atoms with Crippen molar-refractivity contribution in [3.8, 4) is 11.6 Å². The summed E-state index contributed by atoms with van der Waals surface area (Å²) < 4.78 is 11.1. The Morgan fingerprint density at radius 2 is 2.05 bits per heavy atom. The highest BCUT2D eigenvalue weighted by Gasteiger charge is 2.10. The maximum atomic E-state index is 5.78. The molecule has 2 aromatic rings. The number of rotatable bonds is 5. The molecule has 4 heteroatoms. The van der Waals surface area contributed by atoms with Crippen molar-refractivity contribution in [3.05, 3.63) is 47.7 Å². The van der Waals surface area contributed by atoms with Gasteiger partial charge in [-0.05, 0) is 25.1 Å². The van der Waals surface area contributed by atoms with Crippen LogP contribution in [-0.4, -0.2) is 19.1 Å². The zero-order valence-corrected chi connectivity index (χ0v) is 11.4. The third kappa shape index (κ3) is 2.96. The van der Waals surface area contributed by atoms with Crippen LogP contribution in [0.25, 0.3) is 0 Å². The van der Waals surface area contributed by atoms with Gasteiger partial charge in [-0.25, -0.2) is 4.98 Å². The van der Waals surface area contributed by atoms with Gasteiger partial charge in [-0.3, -0.25) is 0 Å². The van der Waals surface area contributed by atoms with Gasteiger partial charge in [-0.2, -0.15) is 0 Å². The molecule has 1 heterocycles. The average Bonchev–Trinajstić information content (AvgIpc) is 2.46. The second-order valence-corrected chi connectivity index (χ2v) is 4.15. The lowest BCUT2D eigenvalue weighted by Crippen LogP contribution is -2.04. The molecule has 4 nitrogen and oxygen atoms in total. The van der Waals surface area contributed by atoms with Crippen molar-refractivity contribution in [2.75, 3.05) is 19.5 Å². The van der Waals surface area contributed by atoms with E-state index in [4.69, 9.17) is 9.47 Å². The molecule has 0 spiro atoms. The highest BCUT2D eigenvalue weighted by atomic mass is 16.5. The van der Waals surface area contributed by atoms with Gasteiger partial charge in [0.15, 0.2) is 0 Å². The van der Waals surface area contributed by atoms with Crippen LogP contribution in [-0.2, 0) is 6.61 Å². The van der Waals surface area contributed by atoms with Gasteiger partial charge in [-0.1, -0.05) is 12.1 Å². The van der Waals surface area contributed by atoms with Crippen molar-refractivity contribution in [1.29, 1.82) is 0 Å². The van der Waals surface area contributed by atoms with Crippen molar-refractivity contribution in [2.45, 2.75) is 13.5 Å². The Morgan fingerprint density at radius 3 is 2.74 bits per heavy atom. The fourth-order valence-electron chi connectivity index (χ4n) is 1.90. The van der Waals surface area contributed by atoms with Crippen LogP contribution in [0.2, 0.25) is 0 Å². The van der Waals surface area contributed by atoms with Gasteiger partial charge in [0, 0.05) is 24.5 Å². The summed E-state index contributed by atoms with van der Waals surface area (Å²) in [6.07, 6.45) is 1.73. The molecule has 0 amide bonds. The van der Waals surface area contributed by atoms with E-state index < -0.39 is 0 Å². The fraction of sp³-hybridized carbons (Fsp3) is 0.267. The smallest absolute Gasteiger partial charge is 0.216 e. The second-order valence-electron chi connectivity index (χ2n) is 4.15. The summed E-state index contributed by atoms with van der Waals surface area (Å²) in [5, 5.41) is 3.14. The lowest BCUT2D eigenvalue weighted by Gasteiger charge is -2.14. The first-order chi connectivity index (χ1) is 9.26. The Hall–Kier alpha value is -2.23. The Kier molecular flexibility index (Phi) is 4.23. The van der Waals surface area contributed by atoms with Crippen LogP contribution in [0, 0.1) is 6.92 Å². The summed E-state index contributed by atoms with van der Waals surface area (Å²) >= 11 is 0. The Balaban J connectivity index is 2.21. The fourth-order valence-corrected chi connectivity index (χ4v) is 1.90. The Labute approximate surface area is 113 Å². The SMILES string of the molecule is CNc1cccc(OC)c1COc1ncccc1C. The van der Waals surface area contributed by atoms with E-state index in [2.05, 4.69) is 10.3 Å². The summed E-state index contributed by atoms with van der Waals surface area (Å²) in [5.41, 5.74) is 2.99. The molecule has 0 fully saturated rings. The van der Waals surface area contributed by atoms with Crippen molar-refractivity contribution >= 4 is 5.69 Å². The van der Waals surface area contributed by atoms with Crippen LogP contribution < -0.4 is 14.8 Å². The number of methoxy groups -OCH3 is 1. The number of aromatic nitrogens is 1. The van der Waals surface area contributed by atoms with E-state index in [1.165, 1.54) is 0 Å². The molecule has 1 N–H and O–H groups in total. The molecule has 0 aliphatic carbocycles. The summed E-state index contributed by atoms with van der Waals surface area (Å²) in [7, 11) is 3.54. The molecule has 100 valence electrons. The largest absolute Gasteiger partial charge is 0.496 e.